The van der Waals surface area contributed by atoms with Gasteiger partial charge in [-0.2, -0.15) is 0 Å². The van der Waals surface area contributed by atoms with Gasteiger partial charge in [0, 0.05) is 24.9 Å². The van der Waals surface area contributed by atoms with Gasteiger partial charge in [0.2, 0.25) is 11.8 Å². The predicted molar refractivity (Wildman–Crippen MR) is 105 cm³/mol. The molecule has 3 aliphatic rings. The van der Waals surface area contributed by atoms with E-state index >= 15 is 0 Å². The Balaban J connectivity index is 1.50. The minimum absolute atomic E-state index is 0.0118. The minimum atomic E-state index is -3.14. The Morgan fingerprint density at radius 2 is 1.81 bits per heavy atom. The Morgan fingerprint density at radius 1 is 1.15 bits per heavy atom. The molecular weight excluding hydrogens is 364 g/mol. The third kappa shape index (κ3) is 4.55. The molecule has 1 spiro atoms. The van der Waals surface area contributed by atoms with Crippen molar-refractivity contribution in [3.05, 3.63) is 12.2 Å². The van der Waals surface area contributed by atoms with Crippen molar-refractivity contribution in [1.82, 2.24) is 10.6 Å². The first-order chi connectivity index (χ1) is 12.7. The molecule has 1 saturated carbocycles. The summed E-state index contributed by atoms with van der Waals surface area (Å²) in [6, 6.07) is -0.0557. The van der Waals surface area contributed by atoms with Gasteiger partial charge >= 0.3 is 0 Å². The van der Waals surface area contributed by atoms with E-state index in [0.29, 0.717) is 38.6 Å². The second-order valence-electron chi connectivity index (χ2n) is 9.02. The van der Waals surface area contributed by atoms with Gasteiger partial charge in [0.05, 0.1) is 10.5 Å². The summed E-state index contributed by atoms with van der Waals surface area (Å²) in [7, 11) is -3.14. The lowest BCUT2D eigenvalue weighted by molar-refractivity contribution is -0.125. The molecule has 0 aromatic heterocycles. The molecule has 0 bridgehead atoms. The maximum absolute atomic E-state index is 12.7. The standard InChI is InChI=1S/C20H32N2O4S/c1-14(2)9-18(23)22-17-7-8-27(25,26)20(12-17)10-15(11-20)13-21-19(24)16-5-3-4-6-16/h3-4,14-17H,5-13H2,1-2H3,(H,21,24)(H,22,23). The Labute approximate surface area is 162 Å². The number of nitrogens with one attached hydrogen (secondary N) is 2. The summed E-state index contributed by atoms with van der Waals surface area (Å²) >= 11 is 0. The van der Waals surface area contributed by atoms with E-state index in [4.69, 9.17) is 0 Å². The molecule has 1 saturated heterocycles. The highest BCUT2D eigenvalue weighted by molar-refractivity contribution is 7.92. The highest BCUT2D eigenvalue weighted by Gasteiger charge is 2.56. The van der Waals surface area contributed by atoms with E-state index < -0.39 is 14.6 Å². The first-order valence-corrected chi connectivity index (χ1v) is 11.8. The molecule has 0 aromatic carbocycles. The van der Waals surface area contributed by atoms with E-state index in [1.807, 2.05) is 26.0 Å². The van der Waals surface area contributed by atoms with Crippen LogP contribution in [0.2, 0.25) is 0 Å². The molecular formula is C20H32N2O4S. The van der Waals surface area contributed by atoms with E-state index in [1.54, 1.807) is 0 Å². The summed E-state index contributed by atoms with van der Waals surface area (Å²) in [6.07, 6.45) is 8.33. The van der Waals surface area contributed by atoms with Crippen LogP contribution in [-0.4, -0.2) is 43.3 Å². The number of hydrogen-bond acceptors (Lipinski definition) is 4. The van der Waals surface area contributed by atoms with Crippen LogP contribution in [0.15, 0.2) is 12.2 Å². The maximum Gasteiger partial charge on any atom is 0.223 e. The fourth-order valence-corrected chi connectivity index (χ4v) is 7.21. The number of rotatable bonds is 6. The van der Waals surface area contributed by atoms with E-state index in [2.05, 4.69) is 10.6 Å². The van der Waals surface area contributed by atoms with Gasteiger partial charge in [-0.3, -0.25) is 9.59 Å². The van der Waals surface area contributed by atoms with Crippen LogP contribution in [-0.2, 0) is 19.4 Å². The molecule has 1 atom stereocenters. The van der Waals surface area contributed by atoms with Crippen molar-refractivity contribution in [1.29, 1.82) is 0 Å². The van der Waals surface area contributed by atoms with Gasteiger partial charge in [-0.1, -0.05) is 26.0 Å². The Bertz CT molecular complexity index is 699. The smallest absolute Gasteiger partial charge is 0.223 e. The van der Waals surface area contributed by atoms with Crippen molar-refractivity contribution in [2.75, 3.05) is 12.3 Å². The molecule has 1 unspecified atom stereocenters. The Morgan fingerprint density at radius 3 is 2.44 bits per heavy atom. The van der Waals surface area contributed by atoms with Crippen LogP contribution in [0.1, 0.15) is 58.8 Å². The van der Waals surface area contributed by atoms with Crippen molar-refractivity contribution in [3.8, 4) is 0 Å². The molecule has 2 aliphatic carbocycles. The molecule has 0 radical (unpaired) electrons. The summed E-state index contributed by atoms with van der Waals surface area (Å²) in [4.78, 5) is 24.2. The zero-order valence-electron chi connectivity index (χ0n) is 16.4. The summed E-state index contributed by atoms with van der Waals surface area (Å²) < 4.78 is 24.7. The highest BCUT2D eigenvalue weighted by Crippen LogP contribution is 2.49. The third-order valence-electron chi connectivity index (χ3n) is 6.24. The molecule has 2 N–H and O–H groups in total. The van der Waals surface area contributed by atoms with Crippen LogP contribution in [0.4, 0.5) is 0 Å². The topological polar surface area (TPSA) is 92.3 Å². The summed E-state index contributed by atoms with van der Waals surface area (Å²) in [5.74, 6) is 0.773. The molecule has 1 heterocycles. The van der Waals surface area contributed by atoms with Crippen LogP contribution in [0.5, 0.6) is 0 Å². The average molecular weight is 397 g/mol. The van der Waals surface area contributed by atoms with Gasteiger partial charge in [0.15, 0.2) is 9.84 Å². The summed E-state index contributed by atoms with van der Waals surface area (Å²) in [6.45, 7) is 4.55. The number of hydrogen-bond donors (Lipinski definition) is 2. The maximum atomic E-state index is 12.7. The number of sulfone groups is 1. The van der Waals surface area contributed by atoms with Gasteiger partial charge in [0.1, 0.15) is 0 Å². The first-order valence-electron chi connectivity index (χ1n) is 10.2. The van der Waals surface area contributed by atoms with E-state index in [0.717, 1.165) is 12.8 Å². The predicted octanol–water partition coefficient (Wildman–Crippen LogP) is 1.96. The molecule has 3 rings (SSSR count). The second kappa shape index (κ2) is 7.94. The largest absolute Gasteiger partial charge is 0.356 e. The molecule has 6 nitrogen and oxygen atoms in total. The summed E-state index contributed by atoms with van der Waals surface area (Å²) in [5, 5.41) is 6.03. The normalized spacial score (nSPS) is 32.4. The lowest BCUT2D eigenvalue weighted by Crippen LogP contribution is -2.60. The zero-order chi connectivity index (χ0) is 19.7. The van der Waals surface area contributed by atoms with E-state index in [1.165, 1.54) is 0 Å². The van der Waals surface area contributed by atoms with Crippen LogP contribution in [0.25, 0.3) is 0 Å². The molecule has 27 heavy (non-hydrogen) atoms. The fraction of sp³-hybridized carbons (Fsp3) is 0.800. The van der Waals surface area contributed by atoms with Gasteiger partial charge in [0.25, 0.3) is 0 Å². The first kappa shape index (κ1) is 20.4. The number of carbonyl (C=O) groups is 2. The average Bonchev–Trinajstić information content (AvgIpc) is 3.06. The molecule has 0 aromatic rings. The van der Waals surface area contributed by atoms with Crippen molar-refractivity contribution >= 4 is 21.7 Å². The van der Waals surface area contributed by atoms with E-state index in [-0.39, 0.29) is 41.4 Å². The Hall–Kier alpha value is -1.37. The quantitative estimate of drug-likeness (QED) is 0.671. The SMILES string of the molecule is CC(C)CC(=O)NC1CCS(=O)(=O)C2(CC(CNC(=O)C3CC=CC3)C2)C1. The number of allylic oxidation sites excluding steroid dienone is 2. The fourth-order valence-electron chi connectivity index (χ4n) is 4.75. The van der Waals surface area contributed by atoms with Crippen molar-refractivity contribution in [3.63, 3.8) is 0 Å². The van der Waals surface area contributed by atoms with Crippen LogP contribution in [0, 0.1) is 17.8 Å². The van der Waals surface area contributed by atoms with Crippen LogP contribution >= 0.6 is 0 Å². The second-order valence-corrected chi connectivity index (χ2v) is 11.5. The zero-order valence-corrected chi connectivity index (χ0v) is 17.2. The lowest BCUT2D eigenvalue weighted by Gasteiger charge is -2.51. The van der Waals surface area contributed by atoms with Crippen LogP contribution in [0.3, 0.4) is 0 Å². The molecule has 2 amide bonds. The van der Waals surface area contributed by atoms with Crippen LogP contribution < -0.4 is 10.6 Å². The summed E-state index contributed by atoms with van der Waals surface area (Å²) in [5.41, 5.74) is 0. The monoisotopic (exact) mass is 396 g/mol. The lowest BCUT2D eigenvalue weighted by atomic mass is 9.70. The molecule has 2 fully saturated rings. The van der Waals surface area contributed by atoms with Crippen molar-refractivity contribution in [2.24, 2.45) is 17.8 Å². The van der Waals surface area contributed by atoms with Gasteiger partial charge in [-0.25, -0.2) is 8.42 Å². The molecule has 7 heteroatoms. The number of carbonyl (C=O) groups excluding carboxylic acids is 2. The highest BCUT2D eigenvalue weighted by atomic mass is 32.2. The minimum Gasteiger partial charge on any atom is -0.356 e. The van der Waals surface area contributed by atoms with Gasteiger partial charge in [-0.05, 0) is 50.4 Å². The number of amides is 2. The third-order valence-corrected chi connectivity index (χ3v) is 8.83. The Kier molecular flexibility index (Phi) is 5.99. The van der Waals surface area contributed by atoms with E-state index in [9.17, 15) is 18.0 Å². The van der Waals surface area contributed by atoms with Crippen molar-refractivity contribution in [2.45, 2.75) is 69.6 Å². The molecule has 1 aliphatic heterocycles. The van der Waals surface area contributed by atoms with Gasteiger partial charge in [-0.15, -0.1) is 0 Å². The van der Waals surface area contributed by atoms with Gasteiger partial charge < -0.3 is 10.6 Å². The molecule has 152 valence electrons. The van der Waals surface area contributed by atoms with Crippen molar-refractivity contribution < 1.29 is 18.0 Å².